The van der Waals surface area contributed by atoms with E-state index >= 15 is 0 Å². The minimum absolute atomic E-state index is 0.297. The molecule has 0 saturated heterocycles. The van der Waals surface area contributed by atoms with Crippen LogP contribution in [0.15, 0.2) is 36.5 Å². The minimum atomic E-state index is -0.998. The van der Waals surface area contributed by atoms with Crippen LogP contribution in [0.1, 0.15) is 30.7 Å². The first-order chi connectivity index (χ1) is 12.3. The van der Waals surface area contributed by atoms with Gasteiger partial charge in [0.15, 0.2) is 0 Å². The standard InChI is InChI=1S/C19H17ClFN3O2/c1-19(2)10-23(18(25)26)15-8-12(7-11-3-5-13(21)6-4-11)16-14(20)9-22-24(16)17(15)19/h3-6,8-9H,7,10H2,1-2H3,(H,25,26). The third-order valence-corrected chi connectivity index (χ3v) is 5.09. The van der Waals surface area contributed by atoms with Gasteiger partial charge < -0.3 is 5.11 Å². The van der Waals surface area contributed by atoms with Crippen LogP contribution in [0.4, 0.5) is 14.9 Å². The normalized spacial score (nSPS) is 15.5. The Labute approximate surface area is 154 Å². The van der Waals surface area contributed by atoms with Crippen molar-refractivity contribution in [2.75, 3.05) is 11.4 Å². The van der Waals surface area contributed by atoms with E-state index in [1.54, 1.807) is 22.8 Å². The first-order valence-electron chi connectivity index (χ1n) is 8.22. The van der Waals surface area contributed by atoms with Gasteiger partial charge in [0.05, 0.1) is 28.1 Å². The second-order valence-electron chi connectivity index (χ2n) is 7.21. The summed E-state index contributed by atoms with van der Waals surface area (Å²) in [6.07, 6.45) is 1.07. The molecule has 0 aliphatic carbocycles. The number of benzene rings is 1. The third kappa shape index (κ3) is 2.52. The lowest BCUT2D eigenvalue weighted by Crippen LogP contribution is -2.32. The summed E-state index contributed by atoms with van der Waals surface area (Å²) in [6.45, 7) is 4.33. The zero-order chi connectivity index (χ0) is 18.6. The number of carbonyl (C=O) groups is 1. The second kappa shape index (κ2) is 5.71. The van der Waals surface area contributed by atoms with E-state index < -0.39 is 11.5 Å². The molecule has 0 atom stereocenters. The fourth-order valence-corrected chi connectivity index (χ4v) is 3.96. The Bertz CT molecular complexity index is 1030. The molecule has 1 amide bonds. The molecule has 5 nitrogen and oxygen atoms in total. The number of anilines is 1. The van der Waals surface area contributed by atoms with Gasteiger partial charge in [-0.15, -0.1) is 0 Å². The van der Waals surface area contributed by atoms with E-state index in [2.05, 4.69) is 5.10 Å². The second-order valence-corrected chi connectivity index (χ2v) is 7.62. The lowest BCUT2D eigenvalue weighted by molar-refractivity contribution is 0.201. The minimum Gasteiger partial charge on any atom is -0.465 e. The monoisotopic (exact) mass is 373 g/mol. The zero-order valence-electron chi connectivity index (χ0n) is 14.3. The van der Waals surface area contributed by atoms with E-state index in [0.717, 1.165) is 22.3 Å². The smallest absolute Gasteiger partial charge is 0.411 e. The van der Waals surface area contributed by atoms with Crippen molar-refractivity contribution < 1.29 is 14.3 Å². The summed E-state index contributed by atoms with van der Waals surface area (Å²) in [7, 11) is 0. The molecule has 0 bridgehead atoms. The lowest BCUT2D eigenvalue weighted by Gasteiger charge is -2.19. The van der Waals surface area contributed by atoms with Gasteiger partial charge in [0, 0.05) is 12.0 Å². The van der Waals surface area contributed by atoms with Crippen LogP contribution >= 0.6 is 11.6 Å². The molecule has 0 spiro atoms. The largest absolute Gasteiger partial charge is 0.465 e. The molecule has 2 aromatic heterocycles. The summed E-state index contributed by atoms with van der Waals surface area (Å²) in [5.74, 6) is -0.297. The molecule has 1 N–H and O–H groups in total. The molecule has 26 heavy (non-hydrogen) atoms. The van der Waals surface area contributed by atoms with Crippen LogP contribution in [-0.2, 0) is 11.8 Å². The predicted molar refractivity (Wildman–Crippen MR) is 97.8 cm³/mol. The molecule has 1 aromatic carbocycles. The van der Waals surface area contributed by atoms with E-state index in [9.17, 15) is 14.3 Å². The van der Waals surface area contributed by atoms with Crippen molar-refractivity contribution in [3.63, 3.8) is 0 Å². The van der Waals surface area contributed by atoms with Crippen LogP contribution < -0.4 is 4.90 Å². The van der Waals surface area contributed by atoms with E-state index in [4.69, 9.17) is 11.6 Å². The third-order valence-electron chi connectivity index (χ3n) is 4.82. The van der Waals surface area contributed by atoms with Gasteiger partial charge in [-0.05, 0) is 35.7 Å². The van der Waals surface area contributed by atoms with E-state index in [-0.39, 0.29) is 5.82 Å². The Hall–Kier alpha value is -2.60. The van der Waals surface area contributed by atoms with Gasteiger partial charge in [-0.1, -0.05) is 37.6 Å². The Morgan fingerprint density at radius 2 is 2.04 bits per heavy atom. The van der Waals surface area contributed by atoms with Gasteiger partial charge in [0.2, 0.25) is 0 Å². The van der Waals surface area contributed by atoms with Crippen LogP contribution in [0.3, 0.4) is 0 Å². The fraction of sp³-hybridized carbons (Fsp3) is 0.263. The zero-order valence-corrected chi connectivity index (χ0v) is 15.1. The molecule has 1 aliphatic heterocycles. The Morgan fingerprint density at radius 3 is 2.69 bits per heavy atom. The number of nitrogens with zero attached hydrogens (tertiary/aromatic N) is 3. The van der Waals surface area contributed by atoms with Crippen molar-refractivity contribution in [1.82, 2.24) is 9.61 Å². The molecule has 7 heteroatoms. The summed E-state index contributed by atoms with van der Waals surface area (Å²) in [5.41, 5.74) is 3.56. The highest BCUT2D eigenvalue weighted by atomic mass is 35.5. The summed E-state index contributed by atoms with van der Waals surface area (Å²) >= 11 is 6.39. The molecule has 134 valence electrons. The Kier molecular flexibility index (Phi) is 3.70. The molecule has 1 aliphatic rings. The van der Waals surface area contributed by atoms with E-state index in [0.29, 0.717) is 23.7 Å². The number of carboxylic acid groups (broad SMARTS) is 1. The van der Waals surface area contributed by atoms with E-state index in [1.165, 1.54) is 17.0 Å². The number of aromatic nitrogens is 2. The maximum Gasteiger partial charge on any atom is 0.411 e. The molecule has 0 saturated carbocycles. The van der Waals surface area contributed by atoms with Crippen molar-refractivity contribution in [2.45, 2.75) is 25.7 Å². The number of amides is 1. The highest BCUT2D eigenvalue weighted by Gasteiger charge is 2.41. The summed E-state index contributed by atoms with van der Waals surface area (Å²) < 4.78 is 14.9. The first-order valence-corrected chi connectivity index (χ1v) is 8.60. The molecule has 0 radical (unpaired) electrons. The van der Waals surface area contributed by atoms with Crippen molar-refractivity contribution in [1.29, 1.82) is 0 Å². The number of hydrogen-bond donors (Lipinski definition) is 1. The first kappa shape index (κ1) is 16.8. The van der Waals surface area contributed by atoms with Crippen LogP contribution in [0.5, 0.6) is 0 Å². The number of rotatable bonds is 2. The predicted octanol–water partition coefficient (Wildman–Crippen LogP) is 4.49. The van der Waals surface area contributed by atoms with Gasteiger partial charge in [-0.25, -0.2) is 13.7 Å². The molecule has 0 fully saturated rings. The van der Waals surface area contributed by atoms with Gasteiger partial charge in [-0.3, -0.25) is 4.90 Å². The average molecular weight is 374 g/mol. The molecular weight excluding hydrogens is 357 g/mol. The van der Waals surface area contributed by atoms with Gasteiger partial charge in [-0.2, -0.15) is 5.10 Å². The Balaban J connectivity index is 1.94. The molecule has 3 aromatic rings. The summed E-state index contributed by atoms with van der Waals surface area (Å²) in [4.78, 5) is 13.1. The number of pyridine rings is 1. The fourth-order valence-electron chi connectivity index (χ4n) is 3.72. The maximum atomic E-state index is 13.2. The Morgan fingerprint density at radius 1 is 1.35 bits per heavy atom. The van der Waals surface area contributed by atoms with Crippen molar-refractivity contribution >= 4 is 28.9 Å². The summed E-state index contributed by atoms with van der Waals surface area (Å²) in [5, 5.41) is 14.5. The van der Waals surface area contributed by atoms with Crippen LogP contribution in [-0.4, -0.2) is 27.4 Å². The highest BCUT2D eigenvalue weighted by Crippen LogP contribution is 2.43. The van der Waals surface area contributed by atoms with Crippen LogP contribution in [0.25, 0.3) is 5.52 Å². The average Bonchev–Trinajstić information content (AvgIpc) is 3.08. The number of hydrogen-bond acceptors (Lipinski definition) is 2. The SMILES string of the molecule is CC1(C)CN(C(=O)O)c2cc(Cc3ccc(F)cc3)c3c(Cl)cnn3c21. The van der Waals surface area contributed by atoms with Crippen molar-refractivity contribution in [3.05, 3.63) is 64.2 Å². The van der Waals surface area contributed by atoms with Crippen LogP contribution in [0.2, 0.25) is 5.02 Å². The van der Waals surface area contributed by atoms with Crippen molar-refractivity contribution in [3.8, 4) is 0 Å². The highest BCUT2D eigenvalue weighted by molar-refractivity contribution is 6.34. The number of fused-ring (bicyclic) bond motifs is 3. The van der Waals surface area contributed by atoms with Crippen molar-refractivity contribution in [2.24, 2.45) is 0 Å². The van der Waals surface area contributed by atoms with Gasteiger partial charge >= 0.3 is 6.09 Å². The van der Waals surface area contributed by atoms with E-state index in [1.807, 2.05) is 19.9 Å². The molecule has 4 rings (SSSR count). The topological polar surface area (TPSA) is 57.8 Å². The quantitative estimate of drug-likeness (QED) is 0.719. The van der Waals surface area contributed by atoms with Gasteiger partial charge in [0.1, 0.15) is 5.82 Å². The van der Waals surface area contributed by atoms with Crippen LogP contribution in [0, 0.1) is 5.82 Å². The van der Waals surface area contributed by atoms with Gasteiger partial charge in [0.25, 0.3) is 0 Å². The molecular formula is C19H17ClFN3O2. The maximum absolute atomic E-state index is 13.2. The molecule has 3 heterocycles. The summed E-state index contributed by atoms with van der Waals surface area (Å²) in [6, 6.07) is 8.10. The molecule has 0 unspecified atom stereocenters. The lowest BCUT2D eigenvalue weighted by atomic mass is 9.90. The number of halogens is 2.